The summed E-state index contributed by atoms with van der Waals surface area (Å²) in [6.45, 7) is 2.12. The highest BCUT2D eigenvalue weighted by Gasteiger charge is 2.07. The Kier molecular flexibility index (Phi) is 3.91. The third-order valence-corrected chi connectivity index (χ3v) is 2.77. The molecule has 5 nitrogen and oxygen atoms in total. The molecule has 1 amide bonds. The van der Waals surface area contributed by atoms with Crippen molar-refractivity contribution in [3.05, 3.63) is 52.9 Å². The second-order valence-electron chi connectivity index (χ2n) is 4.05. The van der Waals surface area contributed by atoms with Crippen LogP contribution in [0.5, 0.6) is 0 Å². The molecule has 3 N–H and O–H groups in total. The lowest BCUT2D eigenvalue weighted by Crippen LogP contribution is -2.23. The van der Waals surface area contributed by atoms with E-state index in [0.29, 0.717) is 28.6 Å². The smallest absolute Gasteiger partial charge is 0.251 e. The maximum Gasteiger partial charge on any atom is 0.251 e. The second kappa shape index (κ2) is 5.62. The third kappa shape index (κ3) is 3.38. The van der Waals surface area contributed by atoms with Gasteiger partial charge >= 0.3 is 0 Å². The predicted molar refractivity (Wildman–Crippen MR) is 74.7 cm³/mol. The van der Waals surface area contributed by atoms with Crippen LogP contribution in [0.2, 0.25) is 0 Å². The molecule has 0 aliphatic rings. The Bertz CT molecular complexity index is 605. The SMILES string of the molecule is Cc1cc(CNC(=O)c2ccc(C(N)=S)cc2)no1. The Morgan fingerprint density at radius 2 is 2.00 bits per heavy atom. The molecule has 1 heterocycles. The van der Waals surface area contributed by atoms with Gasteiger partial charge in [0, 0.05) is 17.2 Å². The minimum Gasteiger partial charge on any atom is -0.389 e. The van der Waals surface area contributed by atoms with Crippen molar-refractivity contribution in [2.75, 3.05) is 0 Å². The lowest BCUT2D eigenvalue weighted by Gasteiger charge is -2.04. The lowest BCUT2D eigenvalue weighted by atomic mass is 10.1. The molecule has 0 atom stereocenters. The van der Waals surface area contributed by atoms with Gasteiger partial charge in [0.05, 0.1) is 6.54 Å². The first kappa shape index (κ1) is 13.2. The van der Waals surface area contributed by atoms with Gasteiger partial charge in [0.2, 0.25) is 0 Å². The molecular formula is C13H13N3O2S. The topological polar surface area (TPSA) is 81.2 Å². The summed E-state index contributed by atoms with van der Waals surface area (Å²) in [7, 11) is 0. The van der Waals surface area contributed by atoms with Gasteiger partial charge in [-0.1, -0.05) is 29.5 Å². The fourth-order valence-corrected chi connectivity index (χ4v) is 1.70. The molecule has 2 rings (SSSR count). The van der Waals surface area contributed by atoms with Gasteiger partial charge in [-0.05, 0) is 19.1 Å². The molecule has 0 spiro atoms. The van der Waals surface area contributed by atoms with Crippen molar-refractivity contribution in [1.29, 1.82) is 0 Å². The van der Waals surface area contributed by atoms with E-state index in [4.69, 9.17) is 22.5 Å². The predicted octanol–water partition coefficient (Wildman–Crippen LogP) is 1.55. The highest BCUT2D eigenvalue weighted by Crippen LogP contribution is 2.05. The zero-order chi connectivity index (χ0) is 13.8. The minimum atomic E-state index is -0.185. The van der Waals surface area contributed by atoms with E-state index in [1.54, 1.807) is 37.3 Å². The molecule has 0 unspecified atom stereocenters. The zero-order valence-electron chi connectivity index (χ0n) is 10.3. The Morgan fingerprint density at radius 1 is 1.37 bits per heavy atom. The number of benzene rings is 1. The molecule has 0 saturated heterocycles. The van der Waals surface area contributed by atoms with E-state index in [2.05, 4.69) is 10.5 Å². The van der Waals surface area contributed by atoms with Gasteiger partial charge in [0.15, 0.2) is 0 Å². The summed E-state index contributed by atoms with van der Waals surface area (Å²) in [5, 5.41) is 6.55. The molecule has 19 heavy (non-hydrogen) atoms. The van der Waals surface area contributed by atoms with Crippen molar-refractivity contribution < 1.29 is 9.32 Å². The second-order valence-corrected chi connectivity index (χ2v) is 4.49. The Balaban J connectivity index is 1.98. The summed E-state index contributed by atoms with van der Waals surface area (Å²) < 4.78 is 4.92. The van der Waals surface area contributed by atoms with E-state index < -0.39 is 0 Å². The molecule has 98 valence electrons. The number of hydrogen-bond donors (Lipinski definition) is 2. The first-order valence-electron chi connectivity index (χ1n) is 5.66. The standard InChI is InChI=1S/C13H13N3O2S/c1-8-6-11(16-18-8)7-15-13(17)10-4-2-9(3-5-10)12(14)19/h2-6H,7H2,1H3,(H2,14,19)(H,15,17). The Morgan fingerprint density at radius 3 is 2.53 bits per heavy atom. The molecule has 1 aromatic heterocycles. The summed E-state index contributed by atoms with van der Waals surface area (Å²) in [5.41, 5.74) is 7.45. The number of thiocarbonyl (C=S) groups is 1. The van der Waals surface area contributed by atoms with Gasteiger partial charge in [0.25, 0.3) is 5.91 Å². The minimum absolute atomic E-state index is 0.185. The van der Waals surface area contributed by atoms with E-state index in [9.17, 15) is 4.79 Å². The first-order valence-corrected chi connectivity index (χ1v) is 6.07. The highest BCUT2D eigenvalue weighted by molar-refractivity contribution is 7.80. The molecule has 0 fully saturated rings. The molecule has 0 saturated carbocycles. The fourth-order valence-electron chi connectivity index (χ4n) is 1.56. The third-order valence-electron chi connectivity index (χ3n) is 2.54. The van der Waals surface area contributed by atoms with Gasteiger partial charge in [-0.15, -0.1) is 0 Å². The number of aryl methyl sites for hydroxylation is 1. The highest BCUT2D eigenvalue weighted by atomic mass is 32.1. The number of amides is 1. The summed E-state index contributed by atoms with van der Waals surface area (Å²) in [5.74, 6) is 0.528. The summed E-state index contributed by atoms with van der Waals surface area (Å²) in [6.07, 6.45) is 0. The fraction of sp³-hybridized carbons (Fsp3) is 0.154. The Hall–Kier alpha value is -2.21. The number of nitrogens with one attached hydrogen (secondary N) is 1. The summed E-state index contributed by atoms with van der Waals surface area (Å²) in [4.78, 5) is 12.2. The number of aromatic nitrogens is 1. The molecule has 1 aromatic carbocycles. The van der Waals surface area contributed by atoms with Crippen molar-refractivity contribution in [1.82, 2.24) is 10.5 Å². The van der Waals surface area contributed by atoms with Crippen LogP contribution < -0.4 is 11.1 Å². The number of carbonyl (C=O) groups is 1. The van der Waals surface area contributed by atoms with Crippen LogP contribution in [0.4, 0.5) is 0 Å². The van der Waals surface area contributed by atoms with Crippen LogP contribution >= 0.6 is 12.2 Å². The van der Waals surface area contributed by atoms with Crippen LogP contribution in [-0.2, 0) is 6.54 Å². The number of nitrogens with zero attached hydrogens (tertiary/aromatic N) is 1. The summed E-state index contributed by atoms with van der Waals surface area (Å²) >= 11 is 4.85. The van der Waals surface area contributed by atoms with Gasteiger partial charge in [-0.3, -0.25) is 4.79 Å². The van der Waals surface area contributed by atoms with E-state index in [-0.39, 0.29) is 5.91 Å². The van der Waals surface area contributed by atoms with Gasteiger partial charge in [-0.2, -0.15) is 0 Å². The summed E-state index contributed by atoms with van der Waals surface area (Å²) in [6, 6.07) is 8.57. The Labute approximate surface area is 115 Å². The molecule has 6 heteroatoms. The number of hydrogen-bond acceptors (Lipinski definition) is 4. The quantitative estimate of drug-likeness (QED) is 0.827. The van der Waals surface area contributed by atoms with E-state index in [0.717, 1.165) is 5.56 Å². The van der Waals surface area contributed by atoms with E-state index >= 15 is 0 Å². The van der Waals surface area contributed by atoms with Crippen LogP contribution in [0.1, 0.15) is 27.4 Å². The maximum absolute atomic E-state index is 11.9. The van der Waals surface area contributed by atoms with E-state index in [1.165, 1.54) is 0 Å². The normalized spacial score (nSPS) is 10.2. The van der Waals surface area contributed by atoms with Crippen molar-refractivity contribution in [3.8, 4) is 0 Å². The van der Waals surface area contributed by atoms with Crippen molar-refractivity contribution in [3.63, 3.8) is 0 Å². The molecule has 0 bridgehead atoms. The lowest BCUT2D eigenvalue weighted by molar-refractivity contribution is 0.0950. The zero-order valence-corrected chi connectivity index (χ0v) is 11.2. The van der Waals surface area contributed by atoms with Crippen LogP contribution in [0.15, 0.2) is 34.9 Å². The molecule has 0 aliphatic heterocycles. The van der Waals surface area contributed by atoms with Gasteiger partial charge in [0.1, 0.15) is 16.4 Å². The van der Waals surface area contributed by atoms with Crippen LogP contribution in [0.3, 0.4) is 0 Å². The molecule has 0 aliphatic carbocycles. The van der Waals surface area contributed by atoms with Crippen molar-refractivity contribution >= 4 is 23.1 Å². The number of rotatable bonds is 4. The van der Waals surface area contributed by atoms with Gasteiger partial charge in [-0.25, -0.2) is 0 Å². The average Bonchev–Trinajstić information content (AvgIpc) is 2.82. The molecule has 2 aromatic rings. The average molecular weight is 275 g/mol. The van der Waals surface area contributed by atoms with Crippen molar-refractivity contribution in [2.45, 2.75) is 13.5 Å². The maximum atomic E-state index is 11.9. The monoisotopic (exact) mass is 275 g/mol. The number of nitrogens with two attached hydrogens (primary N) is 1. The van der Waals surface area contributed by atoms with E-state index in [1.807, 2.05) is 0 Å². The molecule has 0 radical (unpaired) electrons. The van der Waals surface area contributed by atoms with Gasteiger partial charge < -0.3 is 15.6 Å². The largest absolute Gasteiger partial charge is 0.389 e. The molecular weight excluding hydrogens is 262 g/mol. The van der Waals surface area contributed by atoms with Crippen LogP contribution in [0, 0.1) is 6.92 Å². The number of carbonyl (C=O) groups excluding carboxylic acids is 1. The first-order chi connectivity index (χ1) is 9.06. The van der Waals surface area contributed by atoms with Crippen molar-refractivity contribution in [2.24, 2.45) is 5.73 Å². The van der Waals surface area contributed by atoms with Crippen LogP contribution in [0.25, 0.3) is 0 Å². The van der Waals surface area contributed by atoms with Crippen LogP contribution in [-0.4, -0.2) is 16.1 Å².